The van der Waals surface area contributed by atoms with Crippen molar-refractivity contribution >= 4 is 33.0 Å². The van der Waals surface area contributed by atoms with E-state index in [0.29, 0.717) is 11.4 Å². The second-order valence-corrected chi connectivity index (χ2v) is 10.5. The molecule has 1 atom stereocenters. The Bertz CT molecular complexity index is 1540. The predicted molar refractivity (Wildman–Crippen MR) is 139 cm³/mol. The van der Waals surface area contributed by atoms with E-state index < -0.39 is 27.8 Å². The minimum atomic E-state index is -4.07. The van der Waals surface area contributed by atoms with E-state index in [4.69, 9.17) is 0 Å². The Balaban J connectivity index is 1.38. The summed E-state index contributed by atoms with van der Waals surface area (Å²) in [5, 5.41) is 11.2. The van der Waals surface area contributed by atoms with Gasteiger partial charge in [-0.1, -0.05) is 42.5 Å². The Morgan fingerprint density at radius 1 is 0.784 bits per heavy atom. The summed E-state index contributed by atoms with van der Waals surface area (Å²) in [6.07, 6.45) is 0.214. The molecule has 4 aromatic carbocycles. The lowest BCUT2D eigenvalue weighted by Gasteiger charge is -2.35. The monoisotopic (exact) mass is 514 g/mol. The van der Waals surface area contributed by atoms with Crippen LogP contribution < -0.4 is 5.32 Å². The van der Waals surface area contributed by atoms with Crippen molar-refractivity contribution in [3.63, 3.8) is 0 Å². The first kappa shape index (κ1) is 24.5. The van der Waals surface area contributed by atoms with Gasteiger partial charge in [0.15, 0.2) is 0 Å². The third-order valence-corrected chi connectivity index (χ3v) is 7.97. The summed E-state index contributed by atoms with van der Waals surface area (Å²) in [4.78, 5) is 13.3. The van der Waals surface area contributed by atoms with Crippen molar-refractivity contribution in [3.8, 4) is 0 Å². The van der Waals surface area contributed by atoms with Crippen molar-refractivity contribution in [2.24, 2.45) is 10.2 Å². The molecule has 1 N–H and O–H groups in total. The molecule has 0 aromatic heterocycles. The highest BCUT2D eigenvalue weighted by Crippen LogP contribution is 2.30. The van der Waals surface area contributed by atoms with Crippen LogP contribution in [0.1, 0.15) is 11.1 Å². The van der Waals surface area contributed by atoms with Crippen LogP contribution in [0.4, 0.5) is 21.5 Å². The van der Waals surface area contributed by atoms with Crippen LogP contribution in [0.3, 0.4) is 0 Å². The lowest BCUT2D eigenvalue weighted by atomic mass is 9.95. The molecule has 1 aliphatic heterocycles. The van der Waals surface area contributed by atoms with Crippen molar-refractivity contribution < 1.29 is 17.6 Å². The van der Waals surface area contributed by atoms with E-state index in [-0.39, 0.29) is 17.9 Å². The first-order chi connectivity index (χ1) is 17.9. The van der Waals surface area contributed by atoms with Gasteiger partial charge in [-0.3, -0.25) is 4.79 Å². The van der Waals surface area contributed by atoms with Gasteiger partial charge in [0.25, 0.3) is 0 Å². The van der Waals surface area contributed by atoms with Gasteiger partial charge in [0, 0.05) is 12.2 Å². The van der Waals surface area contributed by atoms with E-state index in [0.717, 1.165) is 28.9 Å². The number of anilines is 1. The number of halogens is 1. The Hall–Kier alpha value is -4.21. The minimum Gasteiger partial charge on any atom is -0.325 e. The summed E-state index contributed by atoms with van der Waals surface area (Å²) >= 11 is 0. The molecular weight excluding hydrogens is 491 g/mol. The second-order valence-electron chi connectivity index (χ2n) is 8.56. The van der Waals surface area contributed by atoms with Crippen molar-refractivity contribution in [1.29, 1.82) is 0 Å². The van der Waals surface area contributed by atoms with E-state index in [1.807, 2.05) is 54.6 Å². The molecule has 7 nitrogen and oxygen atoms in total. The fourth-order valence-corrected chi connectivity index (χ4v) is 5.73. The second kappa shape index (κ2) is 10.4. The van der Waals surface area contributed by atoms with Gasteiger partial charge in [-0.25, -0.2) is 12.8 Å². The van der Waals surface area contributed by atoms with Crippen LogP contribution in [-0.4, -0.2) is 24.7 Å². The van der Waals surface area contributed by atoms with Gasteiger partial charge >= 0.3 is 0 Å². The number of benzene rings is 4. The third kappa shape index (κ3) is 5.47. The van der Waals surface area contributed by atoms with Crippen LogP contribution >= 0.6 is 0 Å². The summed E-state index contributed by atoms with van der Waals surface area (Å²) in [5.41, 5.74) is 3.56. The summed E-state index contributed by atoms with van der Waals surface area (Å²) in [7, 11) is -4.07. The van der Waals surface area contributed by atoms with Crippen LogP contribution in [0.2, 0.25) is 0 Å². The average Bonchev–Trinajstić information content (AvgIpc) is 2.92. The number of sulfonamides is 1. The topological polar surface area (TPSA) is 91.2 Å². The molecule has 0 fully saturated rings. The number of carbonyl (C=O) groups excluding carboxylic acids is 1. The molecule has 4 aromatic rings. The fraction of sp³-hybridized carbons (Fsp3) is 0.107. The van der Waals surface area contributed by atoms with Gasteiger partial charge in [-0.15, -0.1) is 0 Å². The van der Waals surface area contributed by atoms with E-state index in [2.05, 4.69) is 15.5 Å². The largest absolute Gasteiger partial charge is 0.325 e. The minimum absolute atomic E-state index is 0.0345. The third-order valence-electron chi connectivity index (χ3n) is 6.10. The van der Waals surface area contributed by atoms with Crippen molar-refractivity contribution in [1.82, 2.24) is 4.31 Å². The molecule has 0 saturated carbocycles. The number of azo groups is 1. The molecular formula is C28H23FN4O3S. The van der Waals surface area contributed by atoms with Gasteiger partial charge < -0.3 is 5.32 Å². The normalized spacial score (nSPS) is 15.9. The molecule has 186 valence electrons. The molecule has 1 heterocycles. The lowest BCUT2D eigenvalue weighted by molar-refractivity contribution is -0.120. The molecule has 9 heteroatoms. The summed E-state index contributed by atoms with van der Waals surface area (Å²) < 4.78 is 41.6. The van der Waals surface area contributed by atoms with Crippen molar-refractivity contribution in [3.05, 3.63) is 120 Å². The molecule has 1 aliphatic rings. The van der Waals surface area contributed by atoms with Crippen LogP contribution in [0.5, 0.6) is 0 Å². The quantitative estimate of drug-likeness (QED) is 0.320. The molecule has 5 rings (SSSR count). The van der Waals surface area contributed by atoms with Crippen LogP contribution in [0, 0.1) is 5.82 Å². The maximum Gasteiger partial charge on any atom is 0.244 e. The molecule has 0 saturated heterocycles. The first-order valence-electron chi connectivity index (χ1n) is 11.6. The predicted octanol–water partition coefficient (Wildman–Crippen LogP) is 6.00. The van der Waals surface area contributed by atoms with Crippen LogP contribution in [-0.2, 0) is 27.8 Å². The molecule has 37 heavy (non-hydrogen) atoms. The summed E-state index contributed by atoms with van der Waals surface area (Å²) in [6.45, 7) is 0.0345. The number of nitrogens with one attached hydrogen (secondary N) is 1. The van der Waals surface area contributed by atoms with Crippen molar-refractivity contribution in [2.45, 2.75) is 23.9 Å². The van der Waals surface area contributed by atoms with E-state index in [9.17, 15) is 17.6 Å². The summed E-state index contributed by atoms with van der Waals surface area (Å²) in [5.74, 6) is -0.997. The number of carbonyl (C=O) groups is 1. The lowest BCUT2D eigenvalue weighted by Crippen LogP contribution is -2.50. The van der Waals surface area contributed by atoms with Crippen molar-refractivity contribution in [2.75, 3.05) is 5.32 Å². The van der Waals surface area contributed by atoms with Gasteiger partial charge in [0.2, 0.25) is 15.9 Å². The fourth-order valence-electron chi connectivity index (χ4n) is 4.16. The summed E-state index contributed by atoms with van der Waals surface area (Å²) in [6, 6.07) is 27.2. The Morgan fingerprint density at radius 2 is 1.38 bits per heavy atom. The standard InChI is InChI=1S/C28H23FN4O3S/c29-22-10-16-26(17-11-22)37(35,36)33-19-21-7-5-4-6-20(21)18-27(33)28(34)30-23-12-14-25(15-13-23)32-31-24-8-2-1-3-9-24/h1-17,27H,18-19H2,(H,30,34). The molecule has 1 amide bonds. The highest BCUT2D eigenvalue weighted by molar-refractivity contribution is 7.89. The number of amides is 1. The number of rotatable bonds is 6. The first-order valence-corrected chi connectivity index (χ1v) is 13.1. The van der Waals surface area contributed by atoms with E-state index >= 15 is 0 Å². The highest BCUT2D eigenvalue weighted by Gasteiger charge is 2.39. The zero-order valence-electron chi connectivity index (χ0n) is 19.7. The van der Waals surface area contributed by atoms with Gasteiger partial charge in [0.1, 0.15) is 11.9 Å². The number of hydrogen-bond donors (Lipinski definition) is 1. The van der Waals surface area contributed by atoms with Crippen LogP contribution in [0.25, 0.3) is 0 Å². The smallest absolute Gasteiger partial charge is 0.244 e. The van der Waals surface area contributed by atoms with Gasteiger partial charge in [-0.05, 0) is 78.2 Å². The van der Waals surface area contributed by atoms with Crippen LogP contribution in [0.15, 0.2) is 118 Å². The Labute approximate surface area is 214 Å². The zero-order chi connectivity index (χ0) is 25.8. The molecule has 0 bridgehead atoms. The molecule has 0 aliphatic carbocycles. The molecule has 1 unspecified atom stereocenters. The Morgan fingerprint density at radius 3 is 2.05 bits per heavy atom. The molecule has 0 spiro atoms. The maximum absolute atomic E-state index is 13.5. The number of hydrogen-bond acceptors (Lipinski definition) is 5. The van der Waals surface area contributed by atoms with E-state index in [1.54, 1.807) is 24.3 Å². The van der Waals surface area contributed by atoms with Gasteiger partial charge in [0.05, 0.1) is 16.3 Å². The highest BCUT2D eigenvalue weighted by atomic mass is 32.2. The number of fused-ring (bicyclic) bond motifs is 1. The average molecular weight is 515 g/mol. The van der Waals surface area contributed by atoms with E-state index in [1.165, 1.54) is 16.4 Å². The van der Waals surface area contributed by atoms with Gasteiger partial charge in [-0.2, -0.15) is 14.5 Å². The Kier molecular flexibility index (Phi) is 6.89. The zero-order valence-corrected chi connectivity index (χ0v) is 20.5. The SMILES string of the molecule is O=C(Nc1ccc(N=Nc2ccccc2)cc1)C1Cc2ccccc2CN1S(=O)(=O)c1ccc(F)cc1. The molecule has 0 radical (unpaired) electrons. The maximum atomic E-state index is 13.5. The number of nitrogens with zero attached hydrogens (tertiary/aromatic N) is 3.